The summed E-state index contributed by atoms with van der Waals surface area (Å²) in [4.78, 5) is 4.15. The van der Waals surface area contributed by atoms with E-state index in [-0.39, 0.29) is 12.2 Å². The Morgan fingerprint density at radius 1 is 1.42 bits per heavy atom. The SMILES string of the molecule is CCOCC(N)c1noc(Cc2ccccc2F)n1. The minimum atomic E-state index is -0.432. The Kier molecular flexibility index (Phi) is 4.59. The maximum absolute atomic E-state index is 13.5. The highest BCUT2D eigenvalue weighted by Crippen LogP contribution is 2.13. The van der Waals surface area contributed by atoms with E-state index in [1.807, 2.05) is 6.92 Å². The molecule has 0 saturated carbocycles. The number of nitrogens with zero attached hydrogens (tertiary/aromatic N) is 2. The molecule has 1 aromatic carbocycles. The summed E-state index contributed by atoms with van der Waals surface area (Å²) >= 11 is 0. The monoisotopic (exact) mass is 265 g/mol. The number of nitrogens with two attached hydrogens (primary N) is 1. The predicted octanol–water partition coefficient (Wildman–Crippen LogP) is 1.84. The van der Waals surface area contributed by atoms with Crippen LogP contribution < -0.4 is 5.73 Å². The minimum absolute atomic E-state index is 0.251. The number of hydrogen-bond donors (Lipinski definition) is 1. The molecule has 0 aliphatic carbocycles. The highest BCUT2D eigenvalue weighted by Gasteiger charge is 2.15. The van der Waals surface area contributed by atoms with E-state index >= 15 is 0 Å². The van der Waals surface area contributed by atoms with Crippen molar-refractivity contribution in [2.75, 3.05) is 13.2 Å². The fourth-order valence-electron chi connectivity index (χ4n) is 1.61. The summed E-state index contributed by atoms with van der Waals surface area (Å²) in [6.45, 7) is 2.79. The number of ether oxygens (including phenoxy) is 1. The van der Waals surface area contributed by atoms with Gasteiger partial charge >= 0.3 is 0 Å². The second kappa shape index (κ2) is 6.40. The van der Waals surface area contributed by atoms with Gasteiger partial charge in [0.05, 0.1) is 19.1 Å². The quantitative estimate of drug-likeness (QED) is 0.862. The summed E-state index contributed by atoms with van der Waals surface area (Å²) in [5.74, 6) is 0.424. The van der Waals surface area contributed by atoms with E-state index in [4.69, 9.17) is 15.0 Å². The van der Waals surface area contributed by atoms with Gasteiger partial charge in [-0.25, -0.2) is 4.39 Å². The molecule has 1 atom stereocenters. The van der Waals surface area contributed by atoms with Crippen LogP contribution in [0.5, 0.6) is 0 Å². The van der Waals surface area contributed by atoms with Crippen molar-refractivity contribution in [2.45, 2.75) is 19.4 Å². The maximum atomic E-state index is 13.5. The van der Waals surface area contributed by atoms with Crippen LogP contribution in [0, 0.1) is 5.82 Å². The summed E-state index contributed by atoms with van der Waals surface area (Å²) in [6, 6.07) is 6.04. The lowest BCUT2D eigenvalue weighted by atomic mass is 10.1. The molecule has 0 aliphatic heterocycles. The third-order valence-corrected chi connectivity index (χ3v) is 2.62. The molecular weight excluding hydrogens is 249 g/mol. The second-order valence-electron chi connectivity index (χ2n) is 4.08. The Labute approximate surface area is 110 Å². The average molecular weight is 265 g/mol. The molecule has 2 aromatic rings. The number of aromatic nitrogens is 2. The summed E-state index contributed by atoms with van der Waals surface area (Å²) in [7, 11) is 0. The molecule has 102 valence electrons. The zero-order chi connectivity index (χ0) is 13.7. The molecule has 2 N–H and O–H groups in total. The van der Waals surface area contributed by atoms with Gasteiger partial charge in [-0.2, -0.15) is 4.98 Å². The lowest BCUT2D eigenvalue weighted by Crippen LogP contribution is -2.18. The van der Waals surface area contributed by atoms with Crippen molar-refractivity contribution in [2.24, 2.45) is 5.73 Å². The standard InChI is InChI=1S/C13H16FN3O2/c1-2-18-8-11(15)13-16-12(19-17-13)7-9-5-3-4-6-10(9)14/h3-6,11H,2,7-8,15H2,1H3. The smallest absolute Gasteiger partial charge is 0.231 e. The normalized spacial score (nSPS) is 12.6. The Hall–Kier alpha value is -1.79. The van der Waals surface area contributed by atoms with Crippen LogP contribution in [0.15, 0.2) is 28.8 Å². The summed E-state index contributed by atoms with van der Waals surface area (Å²) < 4.78 is 23.7. The van der Waals surface area contributed by atoms with Gasteiger partial charge in [-0.3, -0.25) is 0 Å². The van der Waals surface area contributed by atoms with Crippen LogP contribution >= 0.6 is 0 Å². The molecule has 6 heteroatoms. The molecule has 1 heterocycles. The van der Waals surface area contributed by atoms with Crippen molar-refractivity contribution in [1.29, 1.82) is 0 Å². The Balaban J connectivity index is 2.03. The zero-order valence-electron chi connectivity index (χ0n) is 10.7. The van der Waals surface area contributed by atoms with E-state index in [0.717, 1.165) is 0 Å². The van der Waals surface area contributed by atoms with Gasteiger partial charge in [-0.15, -0.1) is 0 Å². The molecule has 0 fully saturated rings. The molecule has 0 bridgehead atoms. The third-order valence-electron chi connectivity index (χ3n) is 2.62. The lowest BCUT2D eigenvalue weighted by Gasteiger charge is -2.05. The van der Waals surface area contributed by atoms with Crippen molar-refractivity contribution in [1.82, 2.24) is 10.1 Å². The highest BCUT2D eigenvalue weighted by molar-refractivity contribution is 5.20. The summed E-state index contributed by atoms with van der Waals surface area (Å²) in [5.41, 5.74) is 6.34. The number of rotatable bonds is 6. The minimum Gasteiger partial charge on any atom is -0.380 e. The number of halogens is 1. The topological polar surface area (TPSA) is 74.2 Å². The number of benzene rings is 1. The first kappa shape index (κ1) is 13.6. The summed E-state index contributed by atoms with van der Waals surface area (Å²) in [6.07, 6.45) is 0.251. The molecule has 19 heavy (non-hydrogen) atoms. The van der Waals surface area contributed by atoms with Crippen molar-refractivity contribution in [3.05, 3.63) is 47.4 Å². The van der Waals surface area contributed by atoms with Crippen molar-refractivity contribution >= 4 is 0 Å². The molecule has 1 aromatic heterocycles. The lowest BCUT2D eigenvalue weighted by molar-refractivity contribution is 0.130. The van der Waals surface area contributed by atoms with E-state index in [9.17, 15) is 4.39 Å². The Morgan fingerprint density at radius 2 is 2.21 bits per heavy atom. The first-order chi connectivity index (χ1) is 9.20. The molecule has 0 aliphatic rings. The molecule has 2 rings (SSSR count). The van der Waals surface area contributed by atoms with E-state index in [1.165, 1.54) is 6.07 Å². The van der Waals surface area contributed by atoms with Crippen LogP contribution in [0.1, 0.15) is 30.2 Å². The molecule has 1 unspecified atom stereocenters. The molecule has 0 spiro atoms. The largest absolute Gasteiger partial charge is 0.380 e. The molecule has 0 saturated heterocycles. The first-order valence-corrected chi connectivity index (χ1v) is 6.10. The Morgan fingerprint density at radius 3 is 2.95 bits per heavy atom. The van der Waals surface area contributed by atoms with Crippen LogP contribution in [0.25, 0.3) is 0 Å². The van der Waals surface area contributed by atoms with E-state index in [2.05, 4.69) is 10.1 Å². The first-order valence-electron chi connectivity index (χ1n) is 6.10. The zero-order valence-corrected chi connectivity index (χ0v) is 10.7. The molecular formula is C13H16FN3O2. The average Bonchev–Trinajstić information content (AvgIpc) is 2.87. The number of hydrogen-bond acceptors (Lipinski definition) is 5. The van der Waals surface area contributed by atoms with Gasteiger partial charge in [0.1, 0.15) is 5.82 Å². The molecule has 5 nitrogen and oxygen atoms in total. The van der Waals surface area contributed by atoms with Gasteiger partial charge in [0.25, 0.3) is 0 Å². The van der Waals surface area contributed by atoms with Crippen LogP contribution in [0.3, 0.4) is 0 Å². The van der Waals surface area contributed by atoms with Gasteiger partial charge in [0.15, 0.2) is 5.82 Å². The van der Waals surface area contributed by atoms with E-state index < -0.39 is 6.04 Å². The summed E-state index contributed by atoms with van der Waals surface area (Å²) in [5, 5.41) is 3.78. The Bertz CT molecular complexity index is 530. The second-order valence-corrected chi connectivity index (χ2v) is 4.08. The van der Waals surface area contributed by atoms with Crippen molar-refractivity contribution in [3.8, 4) is 0 Å². The highest BCUT2D eigenvalue weighted by atomic mass is 19.1. The maximum Gasteiger partial charge on any atom is 0.231 e. The van der Waals surface area contributed by atoms with E-state index in [1.54, 1.807) is 18.2 Å². The van der Waals surface area contributed by atoms with Gasteiger partial charge in [0.2, 0.25) is 5.89 Å². The van der Waals surface area contributed by atoms with Crippen molar-refractivity contribution in [3.63, 3.8) is 0 Å². The fraction of sp³-hybridized carbons (Fsp3) is 0.385. The van der Waals surface area contributed by atoms with Gasteiger partial charge in [0, 0.05) is 6.61 Å². The third kappa shape index (κ3) is 3.59. The van der Waals surface area contributed by atoms with Crippen LogP contribution in [0.2, 0.25) is 0 Å². The van der Waals surface area contributed by atoms with Gasteiger partial charge < -0.3 is 15.0 Å². The van der Waals surface area contributed by atoms with Gasteiger partial charge in [-0.05, 0) is 18.6 Å². The van der Waals surface area contributed by atoms with Crippen LogP contribution in [0.4, 0.5) is 4.39 Å². The van der Waals surface area contributed by atoms with Gasteiger partial charge in [-0.1, -0.05) is 23.4 Å². The van der Waals surface area contributed by atoms with Crippen LogP contribution in [-0.2, 0) is 11.2 Å². The predicted molar refractivity (Wildman–Crippen MR) is 66.9 cm³/mol. The molecule has 0 amide bonds. The fourth-order valence-corrected chi connectivity index (χ4v) is 1.61. The van der Waals surface area contributed by atoms with E-state index in [0.29, 0.717) is 30.5 Å². The van der Waals surface area contributed by atoms with Crippen molar-refractivity contribution < 1.29 is 13.7 Å². The molecule has 0 radical (unpaired) electrons. The van der Waals surface area contributed by atoms with Crippen LogP contribution in [-0.4, -0.2) is 23.4 Å².